The summed E-state index contributed by atoms with van der Waals surface area (Å²) >= 11 is 3.31. The summed E-state index contributed by atoms with van der Waals surface area (Å²) in [6.45, 7) is 0. The molecule has 2 rings (SSSR count). The molecule has 0 saturated heterocycles. The summed E-state index contributed by atoms with van der Waals surface area (Å²) in [6, 6.07) is 4.98. The minimum atomic E-state index is -3.52. The molecule has 1 aromatic carbocycles. The average molecular weight is 348 g/mol. The molecule has 1 aliphatic carbocycles. The number of rotatable bonds is 4. The van der Waals surface area contributed by atoms with Crippen molar-refractivity contribution in [1.82, 2.24) is 4.72 Å². The third-order valence-electron chi connectivity index (χ3n) is 3.34. The zero-order valence-corrected chi connectivity index (χ0v) is 13.3. The van der Waals surface area contributed by atoms with Crippen LogP contribution < -0.4 is 9.46 Å². The fraction of sp³-hybridized carbons (Fsp3) is 0.538. The molecule has 0 spiro atoms. The van der Waals surface area contributed by atoms with Crippen LogP contribution in [0.15, 0.2) is 27.6 Å². The Morgan fingerprint density at radius 2 is 1.95 bits per heavy atom. The summed E-state index contributed by atoms with van der Waals surface area (Å²) in [4.78, 5) is 0.198. The van der Waals surface area contributed by atoms with Gasteiger partial charge in [0.05, 0.1) is 7.11 Å². The minimum absolute atomic E-state index is 0.0482. The van der Waals surface area contributed by atoms with Gasteiger partial charge in [-0.3, -0.25) is 0 Å². The van der Waals surface area contributed by atoms with Gasteiger partial charge in [-0.2, -0.15) is 0 Å². The molecule has 1 N–H and O–H groups in total. The van der Waals surface area contributed by atoms with Crippen molar-refractivity contribution in [2.75, 3.05) is 7.11 Å². The maximum atomic E-state index is 12.4. The number of nitrogens with one attached hydrogen (secondary N) is 1. The summed E-state index contributed by atoms with van der Waals surface area (Å²) < 4.78 is 33.5. The molecule has 1 aliphatic rings. The summed E-state index contributed by atoms with van der Waals surface area (Å²) in [7, 11) is -2.04. The van der Waals surface area contributed by atoms with E-state index < -0.39 is 10.0 Å². The highest BCUT2D eigenvalue weighted by Crippen LogP contribution is 2.28. The van der Waals surface area contributed by atoms with Crippen molar-refractivity contribution in [3.63, 3.8) is 0 Å². The molecule has 1 fully saturated rings. The van der Waals surface area contributed by atoms with Gasteiger partial charge in [0.1, 0.15) is 10.6 Å². The van der Waals surface area contributed by atoms with Gasteiger partial charge in [0.15, 0.2) is 0 Å². The third-order valence-corrected chi connectivity index (χ3v) is 5.40. The Bertz CT molecular complexity index is 539. The summed E-state index contributed by atoms with van der Waals surface area (Å²) in [5.41, 5.74) is 0. The summed E-state index contributed by atoms with van der Waals surface area (Å²) in [6.07, 6.45) is 5.20. The van der Waals surface area contributed by atoms with E-state index in [0.717, 1.165) is 30.2 Å². The fourth-order valence-corrected chi connectivity index (χ4v) is 4.16. The molecule has 0 radical (unpaired) electrons. The lowest BCUT2D eigenvalue weighted by atomic mass is 9.96. The first-order valence-corrected chi connectivity index (χ1v) is 8.66. The van der Waals surface area contributed by atoms with Gasteiger partial charge in [-0.1, -0.05) is 35.2 Å². The van der Waals surface area contributed by atoms with Gasteiger partial charge in [0.2, 0.25) is 10.0 Å². The second kappa shape index (κ2) is 6.24. The second-order valence-electron chi connectivity index (χ2n) is 4.75. The first kappa shape index (κ1) is 14.8. The highest BCUT2D eigenvalue weighted by molar-refractivity contribution is 9.10. The molecule has 0 bridgehead atoms. The number of halogens is 1. The molecule has 0 amide bonds. The van der Waals surface area contributed by atoms with Crippen LogP contribution in [-0.4, -0.2) is 21.6 Å². The highest BCUT2D eigenvalue weighted by Gasteiger charge is 2.24. The van der Waals surface area contributed by atoms with Crippen molar-refractivity contribution in [1.29, 1.82) is 0 Å². The van der Waals surface area contributed by atoms with E-state index >= 15 is 0 Å². The van der Waals surface area contributed by atoms with Gasteiger partial charge in [0, 0.05) is 10.5 Å². The van der Waals surface area contributed by atoms with E-state index in [0.29, 0.717) is 5.75 Å². The smallest absolute Gasteiger partial charge is 0.244 e. The Kier molecular flexibility index (Phi) is 4.86. The van der Waals surface area contributed by atoms with Crippen molar-refractivity contribution in [2.24, 2.45) is 0 Å². The van der Waals surface area contributed by atoms with Gasteiger partial charge in [-0.25, -0.2) is 13.1 Å². The molecule has 4 nitrogen and oxygen atoms in total. The normalized spacial score (nSPS) is 17.4. The summed E-state index contributed by atoms with van der Waals surface area (Å²) in [5, 5.41) is 0. The maximum absolute atomic E-state index is 12.4. The Morgan fingerprint density at radius 3 is 2.58 bits per heavy atom. The van der Waals surface area contributed by atoms with Gasteiger partial charge in [0.25, 0.3) is 0 Å². The molecule has 106 valence electrons. The van der Waals surface area contributed by atoms with Crippen LogP contribution in [0.1, 0.15) is 32.1 Å². The number of benzene rings is 1. The van der Waals surface area contributed by atoms with Crippen molar-refractivity contribution in [3.8, 4) is 5.75 Å². The largest absolute Gasteiger partial charge is 0.495 e. The first-order chi connectivity index (χ1) is 9.03. The standard InChI is InChI=1S/C13H18BrNO3S/c1-18-12-9-10(14)7-8-13(12)19(16,17)15-11-5-3-2-4-6-11/h7-9,11,15H,2-6H2,1H3. The monoisotopic (exact) mass is 347 g/mol. The quantitative estimate of drug-likeness (QED) is 0.910. The Hall–Kier alpha value is -0.590. The van der Waals surface area contributed by atoms with Crippen LogP contribution in [0.4, 0.5) is 0 Å². The predicted molar refractivity (Wildman–Crippen MR) is 77.9 cm³/mol. The molecule has 6 heteroatoms. The van der Waals surface area contributed by atoms with Gasteiger partial charge in [-0.05, 0) is 31.0 Å². The molecule has 1 saturated carbocycles. The van der Waals surface area contributed by atoms with Crippen molar-refractivity contribution in [2.45, 2.75) is 43.0 Å². The lowest BCUT2D eigenvalue weighted by Gasteiger charge is -2.23. The Morgan fingerprint density at radius 1 is 1.26 bits per heavy atom. The van der Waals surface area contributed by atoms with Crippen molar-refractivity contribution in [3.05, 3.63) is 22.7 Å². The van der Waals surface area contributed by atoms with Gasteiger partial charge < -0.3 is 4.74 Å². The number of methoxy groups -OCH3 is 1. The number of sulfonamides is 1. The SMILES string of the molecule is COc1cc(Br)ccc1S(=O)(=O)NC1CCCCC1. The molecule has 1 aromatic rings. The van der Waals surface area contributed by atoms with Crippen LogP contribution in [0.2, 0.25) is 0 Å². The lowest BCUT2D eigenvalue weighted by molar-refractivity contribution is 0.396. The first-order valence-electron chi connectivity index (χ1n) is 6.39. The maximum Gasteiger partial charge on any atom is 0.244 e. The van der Waals surface area contributed by atoms with Crippen LogP contribution in [0, 0.1) is 0 Å². The third kappa shape index (κ3) is 3.70. The average Bonchev–Trinajstić information content (AvgIpc) is 2.38. The zero-order valence-electron chi connectivity index (χ0n) is 10.9. The van der Waals surface area contributed by atoms with E-state index in [1.165, 1.54) is 13.5 Å². The number of ether oxygens (including phenoxy) is 1. The topological polar surface area (TPSA) is 55.4 Å². The second-order valence-corrected chi connectivity index (χ2v) is 7.35. The molecule has 19 heavy (non-hydrogen) atoms. The molecular weight excluding hydrogens is 330 g/mol. The molecular formula is C13H18BrNO3S. The highest BCUT2D eigenvalue weighted by atomic mass is 79.9. The van der Waals surface area contributed by atoms with Crippen LogP contribution in [0.5, 0.6) is 5.75 Å². The molecule has 0 unspecified atom stereocenters. The minimum Gasteiger partial charge on any atom is -0.495 e. The molecule has 0 atom stereocenters. The predicted octanol–water partition coefficient (Wildman–Crippen LogP) is 3.07. The van der Waals surface area contributed by atoms with E-state index in [1.807, 2.05) is 0 Å². The van der Waals surface area contributed by atoms with E-state index in [1.54, 1.807) is 18.2 Å². The molecule has 0 heterocycles. The number of hydrogen-bond donors (Lipinski definition) is 1. The van der Waals surface area contributed by atoms with E-state index in [9.17, 15) is 8.42 Å². The van der Waals surface area contributed by atoms with Crippen LogP contribution in [-0.2, 0) is 10.0 Å². The van der Waals surface area contributed by atoms with E-state index in [4.69, 9.17) is 4.74 Å². The Labute approximate surface area is 122 Å². The summed E-state index contributed by atoms with van der Waals surface area (Å²) in [5.74, 6) is 0.359. The molecule has 0 aliphatic heterocycles. The zero-order chi connectivity index (χ0) is 13.9. The fourth-order valence-electron chi connectivity index (χ4n) is 2.37. The lowest BCUT2D eigenvalue weighted by Crippen LogP contribution is -2.36. The van der Waals surface area contributed by atoms with Crippen molar-refractivity contribution < 1.29 is 13.2 Å². The van der Waals surface area contributed by atoms with Crippen LogP contribution in [0.3, 0.4) is 0 Å². The Balaban J connectivity index is 2.23. The van der Waals surface area contributed by atoms with Crippen molar-refractivity contribution >= 4 is 26.0 Å². The number of hydrogen-bond acceptors (Lipinski definition) is 3. The van der Waals surface area contributed by atoms with E-state index in [-0.39, 0.29) is 10.9 Å². The van der Waals surface area contributed by atoms with Crippen LogP contribution in [0.25, 0.3) is 0 Å². The van der Waals surface area contributed by atoms with Crippen LogP contribution >= 0.6 is 15.9 Å². The van der Waals surface area contributed by atoms with Gasteiger partial charge >= 0.3 is 0 Å². The van der Waals surface area contributed by atoms with Gasteiger partial charge in [-0.15, -0.1) is 0 Å². The molecule has 0 aromatic heterocycles. The van der Waals surface area contributed by atoms with E-state index in [2.05, 4.69) is 20.7 Å².